The van der Waals surface area contributed by atoms with Gasteiger partial charge in [0.25, 0.3) is 0 Å². The van der Waals surface area contributed by atoms with Gasteiger partial charge in [-0.1, -0.05) is 72.3 Å². The topological polar surface area (TPSA) is 52.3 Å². The number of ether oxygens (including phenoxy) is 1. The first-order valence-electron chi connectivity index (χ1n) is 12.8. The van der Waals surface area contributed by atoms with E-state index in [1.165, 1.54) is 11.1 Å². The van der Waals surface area contributed by atoms with Crippen LogP contribution in [0.4, 0.5) is 0 Å². The Bertz CT molecular complexity index is 1180. The first kappa shape index (κ1) is 25.0. The van der Waals surface area contributed by atoms with E-state index in [4.69, 9.17) is 9.26 Å². The van der Waals surface area contributed by atoms with Crippen LogP contribution in [0.25, 0.3) is 22.5 Å². The molecule has 0 bridgehead atoms. The molecule has 1 heterocycles. The third-order valence-corrected chi connectivity index (χ3v) is 7.08. The van der Waals surface area contributed by atoms with Crippen LogP contribution in [0.5, 0.6) is 0 Å². The lowest BCUT2D eigenvalue weighted by Crippen LogP contribution is -2.23. The Kier molecular flexibility index (Phi) is 7.59. The highest BCUT2D eigenvalue weighted by molar-refractivity contribution is 5.87. The maximum absolute atomic E-state index is 12.4. The summed E-state index contributed by atoms with van der Waals surface area (Å²) in [4.78, 5) is 12.4. The van der Waals surface area contributed by atoms with Gasteiger partial charge in [0.2, 0.25) is 0 Å². The van der Waals surface area contributed by atoms with Crippen LogP contribution in [0, 0.1) is 12.8 Å². The number of allylic oxidation sites excluding steroid dienone is 2. The number of esters is 1. The minimum atomic E-state index is -0.429. The summed E-state index contributed by atoms with van der Waals surface area (Å²) in [7, 11) is 0. The molecular formula is C31H37NO3. The van der Waals surface area contributed by atoms with Gasteiger partial charge < -0.3 is 9.26 Å². The van der Waals surface area contributed by atoms with Gasteiger partial charge >= 0.3 is 5.97 Å². The van der Waals surface area contributed by atoms with Crippen molar-refractivity contribution in [2.45, 2.75) is 72.1 Å². The van der Waals surface area contributed by atoms with Gasteiger partial charge in [0.1, 0.15) is 0 Å². The van der Waals surface area contributed by atoms with Crippen molar-refractivity contribution in [3.05, 3.63) is 77.0 Å². The minimum Gasteiger partial charge on any atom is -0.465 e. The van der Waals surface area contributed by atoms with Gasteiger partial charge in [0, 0.05) is 11.1 Å². The number of aromatic nitrogens is 1. The SMILES string of the molecule is CCOC(=O)C1(c2ccc(-c3ccc(-c4onc(C)c4CC(C)CCC=C(C)C)cc3)cc2)CC1. The molecule has 1 atom stereocenters. The van der Waals surface area contributed by atoms with Gasteiger partial charge in [-0.3, -0.25) is 4.79 Å². The van der Waals surface area contributed by atoms with Gasteiger partial charge in [0.15, 0.2) is 5.76 Å². The molecule has 4 nitrogen and oxygen atoms in total. The summed E-state index contributed by atoms with van der Waals surface area (Å²) in [5.41, 5.74) is 7.50. The van der Waals surface area contributed by atoms with E-state index in [9.17, 15) is 4.79 Å². The van der Waals surface area contributed by atoms with Crippen molar-refractivity contribution in [3.8, 4) is 22.5 Å². The molecule has 1 aliphatic rings. The molecule has 0 N–H and O–H groups in total. The lowest BCUT2D eigenvalue weighted by Gasteiger charge is -2.15. The van der Waals surface area contributed by atoms with Gasteiger partial charge in [-0.15, -0.1) is 0 Å². The molecule has 1 fully saturated rings. The molecule has 4 rings (SSSR count). The zero-order chi connectivity index (χ0) is 25.0. The van der Waals surface area contributed by atoms with Crippen molar-refractivity contribution in [1.82, 2.24) is 5.16 Å². The van der Waals surface area contributed by atoms with Crippen molar-refractivity contribution in [2.75, 3.05) is 6.61 Å². The van der Waals surface area contributed by atoms with Gasteiger partial charge in [-0.25, -0.2) is 0 Å². The molecule has 184 valence electrons. The second-order valence-corrected chi connectivity index (χ2v) is 10.2. The molecule has 2 aromatic carbocycles. The summed E-state index contributed by atoms with van der Waals surface area (Å²) >= 11 is 0. The molecule has 0 saturated heterocycles. The first-order valence-corrected chi connectivity index (χ1v) is 12.8. The Labute approximate surface area is 209 Å². The van der Waals surface area contributed by atoms with Crippen molar-refractivity contribution >= 4 is 5.97 Å². The van der Waals surface area contributed by atoms with Crippen molar-refractivity contribution in [1.29, 1.82) is 0 Å². The van der Waals surface area contributed by atoms with E-state index in [0.29, 0.717) is 12.5 Å². The summed E-state index contributed by atoms with van der Waals surface area (Å²) in [6, 6.07) is 16.8. The van der Waals surface area contributed by atoms with E-state index >= 15 is 0 Å². The van der Waals surface area contributed by atoms with Gasteiger partial charge in [-0.2, -0.15) is 0 Å². The van der Waals surface area contributed by atoms with E-state index in [2.05, 4.69) is 80.5 Å². The van der Waals surface area contributed by atoms with Crippen LogP contribution < -0.4 is 0 Å². The Morgan fingerprint density at radius 1 is 1.06 bits per heavy atom. The number of nitrogens with zero attached hydrogens (tertiary/aromatic N) is 1. The lowest BCUT2D eigenvalue weighted by molar-refractivity contribution is -0.146. The zero-order valence-corrected chi connectivity index (χ0v) is 21.7. The van der Waals surface area contributed by atoms with Crippen LogP contribution in [0.3, 0.4) is 0 Å². The number of rotatable bonds is 10. The molecule has 0 amide bonds. The molecule has 4 heteroatoms. The molecule has 1 unspecified atom stereocenters. The number of aryl methyl sites for hydroxylation is 1. The second-order valence-electron chi connectivity index (χ2n) is 10.2. The van der Waals surface area contributed by atoms with E-state index in [0.717, 1.165) is 65.8 Å². The van der Waals surface area contributed by atoms with E-state index in [1.54, 1.807) is 0 Å². The van der Waals surface area contributed by atoms with E-state index in [1.807, 2.05) is 13.8 Å². The fraction of sp³-hybridized carbons (Fsp3) is 0.419. The van der Waals surface area contributed by atoms with E-state index < -0.39 is 5.41 Å². The largest absolute Gasteiger partial charge is 0.465 e. The average molecular weight is 472 g/mol. The highest BCUT2D eigenvalue weighted by Crippen LogP contribution is 2.49. The third kappa shape index (κ3) is 5.58. The third-order valence-electron chi connectivity index (χ3n) is 7.08. The average Bonchev–Trinajstić information content (AvgIpc) is 3.59. The summed E-state index contributed by atoms with van der Waals surface area (Å²) in [5.74, 6) is 1.34. The summed E-state index contributed by atoms with van der Waals surface area (Å²) < 4.78 is 11.1. The van der Waals surface area contributed by atoms with Gasteiger partial charge in [-0.05, 0) is 82.4 Å². The fourth-order valence-corrected chi connectivity index (χ4v) is 4.76. The van der Waals surface area contributed by atoms with Crippen LogP contribution in [-0.4, -0.2) is 17.7 Å². The van der Waals surface area contributed by atoms with Crippen LogP contribution in [0.15, 0.2) is 64.7 Å². The van der Waals surface area contributed by atoms with Crippen molar-refractivity contribution in [3.63, 3.8) is 0 Å². The van der Waals surface area contributed by atoms with Crippen molar-refractivity contribution in [2.24, 2.45) is 5.92 Å². The monoisotopic (exact) mass is 471 g/mol. The summed E-state index contributed by atoms with van der Waals surface area (Å²) in [6.45, 7) is 10.9. The maximum atomic E-state index is 12.4. The molecule has 3 aromatic rings. The Morgan fingerprint density at radius 2 is 1.66 bits per heavy atom. The first-order chi connectivity index (χ1) is 16.8. The number of hydrogen-bond acceptors (Lipinski definition) is 4. The molecule has 0 aliphatic heterocycles. The molecule has 35 heavy (non-hydrogen) atoms. The Hall–Kier alpha value is -3.14. The lowest BCUT2D eigenvalue weighted by atomic mass is 9.92. The van der Waals surface area contributed by atoms with E-state index in [-0.39, 0.29) is 5.97 Å². The maximum Gasteiger partial charge on any atom is 0.316 e. The number of benzene rings is 2. The number of hydrogen-bond donors (Lipinski definition) is 0. The predicted molar refractivity (Wildman–Crippen MR) is 141 cm³/mol. The molecular weight excluding hydrogens is 434 g/mol. The molecule has 1 saturated carbocycles. The number of carbonyl (C=O) groups is 1. The molecule has 1 aliphatic carbocycles. The van der Waals surface area contributed by atoms with Crippen molar-refractivity contribution < 1.29 is 14.1 Å². The van der Waals surface area contributed by atoms with Crippen LogP contribution >= 0.6 is 0 Å². The highest BCUT2D eigenvalue weighted by Gasteiger charge is 2.52. The highest BCUT2D eigenvalue weighted by atomic mass is 16.5. The molecule has 0 radical (unpaired) electrons. The quantitative estimate of drug-likeness (QED) is 0.223. The number of carbonyl (C=O) groups excluding carboxylic acids is 1. The van der Waals surface area contributed by atoms with Gasteiger partial charge in [0.05, 0.1) is 17.7 Å². The standard InChI is InChI=1S/C31H37NO3/c1-6-34-30(33)31(18-19-31)27-16-14-25(15-17-27)24-10-12-26(13-11-24)29-28(23(5)32-35-29)20-22(4)9-7-8-21(2)3/h8,10-17,22H,6-7,9,18-20H2,1-5H3. The zero-order valence-electron chi connectivity index (χ0n) is 21.7. The fourth-order valence-electron chi connectivity index (χ4n) is 4.76. The minimum absolute atomic E-state index is 0.0958. The second kappa shape index (κ2) is 10.6. The van der Waals surface area contributed by atoms with Crippen LogP contribution in [0.1, 0.15) is 70.2 Å². The Morgan fingerprint density at radius 3 is 2.23 bits per heavy atom. The normalized spacial score (nSPS) is 14.9. The molecule has 0 spiro atoms. The summed E-state index contributed by atoms with van der Waals surface area (Å²) in [5, 5.41) is 4.28. The van der Waals surface area contributed by atoms with Crippen LogP contribution in [0.2, 0.25) is 0 Å². The summed E-state index contributed by atoms with van der Waals surface area (Å²) in [6.07, 6.45) is 7.27. The Balaban J connectivity index is 1.47. The smallest absolute Gasteiger partial charge is 0.316 e. The predicted octanol–water partition coefficient (Wildman–Crippen LogP) is 7.84. The molecule has 1 aromatic heterocycles. The van der Waals surface area contributed by atoms with Crippen LogP contribution in [-0.2, 0) is 21.4 Å².